The Balaban J connectivity index is 1.97. The highest BCUT2D eigenvalue weighted by atomic mass is 32.2. The number of hydrogen-bond donors (Lipinski definition) is 0. The first-order valence-electron chi connectivity index (χ1n) is 5.48. The van der Waals surface area contributed by atoms with Crippen molar-refractivity contribution in [3.05, 3.63) is 30.1 Å². The molecule has 0 aliphatic rings. The maximum absolute atomic E-state index is 13.1. The van der Waals surface area contributed by atoms with Crippen LogP contribution in [0.5, 0.6) is 0 Å². The van der Waals surface area contributed by atoms with Crippen LogP contribution in [0.25, 0.3) is 10.6 Å². The van der Waals surface area contributed by atoms with Gasteiger partial charge in [0.1, 0.15) is 10.8 Å². The SMILES string of the molecule is COC(=O)CCSc1nnc(-c2cccc(F)c2)s1. The van der Waals surface area contributed by atoms with Gasteiger partial charge in [-0.2, -0.15) is 0 Å². The zero-order valence-corrected chi connectivity index (χ0v) is 11.8. The van der Waals surface area contributed by atoms with Gasteiger partial charge in [0.15, 0.2) is 4.34 Å². The maximum atomic E-state index is 13.1. The lowest BCUT2D eigenvalue weighted by atomic mass is 10.2. The number of thioether (sulfide) groups is 1. The molecule has 0 aliphatic carbocycles. The quantitative estimate of drug-likeness (QED) is 0.627. The van der Waals surface area contributed by atoms with Gasteiger partial charge in [-0.1, -0.05) is 35.2 Å². The van der Waals surface area contributed by atoms with Gasteiger partial charge in [0.25, 0.3) is 0 Å². The lowest BCUT2D eigenvalue weighted by Crippen LogP contribution is -2.00. The molecule has 0 spiro atoms. The summed E-state index contributed by atoms with van der Waals surface area (Å²) in [6.07, 6.45) is 0.329. The van der Waals surface area contributed by atoms with Gasteiger partial charge in [0, 0.05) is 11.3 Å². The summed E-state index contributed by atoms with van der Waals surface area (Å²) in [7, 11) is 1.36. The zero-order chi connectivity index (χ0) is 13.7. The fraction of sp³-hybridized carbons (Fsp3) is 0.250. The number of esters is 1. The Morgan fingerprint density at radius 3 is 3.05 bits per heavy atom. The number of ether oxygens (including phenoxy) is 1. The fourth-order valence-electron chi connectivity index (χ4n) is 1.33. The van der Waals surface area contributed by atoms with Crippen LogP contribution in [0.4, 0.5) is 4.39 Å². The van der Waals surface area contributed by atoms with Crippen molar-refractivity contribution >= 4 is 29.1 Å². The molecule has 2 aromatic rings. The molecule has 100 valence electrons. The van der Waals surface area contributed by atoms with Gasteiger partial charge < -0.3 is 4.74 Å². The molecular formula is C12H11FN2O2S2. The van der Waals surface area contributed by atoms with Crippen molar-refractivity contribution in [3.8, 4) is 10.6 Å². The minimum Gasteiger partial charge on any atom is -0.469 e. The third-order valence-corrected chi connectivity index (χ3v) is 4.34. The molecule has 0 N–H and O–H groups in total. The Kier molecular flexibility index (Phi) is 4.86. The van der Waals surface area contributed by atoms with E-state index in [9.17, 15) is 9.18 Å². The average molecular weight is 298 g/mol. The van der Waals surface area contributed by atoms with Crippen LogP contribution < -0.4 is 0 Å². The van der Waals surface area contributed by atoms with E-state index in [-0.39, 0.29) is 11.8 Å². The molecule has 7 heteroatoms. The summed E-state index contributed by atoms with van der Waals surface area (Å²) in [6, 6.07) is 6.22. The van der Waals surface area contributed by atoms with E-state index in [2.05, 4.69) is 14.9 Å². The Hall–Kier alpha value is -1.47. The largest absolute Gasteiger partial charge is 0.469 e. The number of hydrogen-bond acceptors (Lipinski definition) is 6. The van der Waals surface area contributed by atoms with Crippen LogP contribution in [0.3, 0.4) is 0 Å². The lowest BCUT2D eigenvalue weighted by Gasteiger charge is -1.96. The fourth-order valence-corrected chi connectivity index (χ4v) is 3.17. The second-order valence-corrected chi connectivity index (χ2v) is 5.88. The topological polar surface area (TPSA) is 52.1 Å². The first kappa shape index (κ1) is 14.0. The van der Waals surface area contributed by atoms with Crippen LogP contribution in [0.15, 0.2) is 28.6 Å². The number of nitrogens with zero attached hydrogens (tertiary/aromatic N) is 2. The van der Waals surface area contributed by atoms with Crippen molar-refractivity contribution < 1.29 is 13.9 Å². The third-order valence-electron chi connectivity index (χ3n) is 2.24. The van der Waals surface area contributed by atoms with Gasteiger partial charge in [-0.15, -0.1) is 10.2 Å². The molecule has 0 radical (unpaired) electrons. The number of aromatic nitrogens is 2. The summed E-state index contributed by atoms with van der Waals surface area (Å²) >= 11 is 2.81. The first-order chi connectivity index (χ1) is 9.19. The van der Waals surface area contributed by atoms with Crippen LogP contribution in [0.1, 0.15) is 6.42 Å². The minimum atomic E-state index is -0.299. The van der Waals surface area contributed by atoms with Crippen LogP contribution in [-0.4, -0.2) is 29.0 Å². The second kappa shape index (κ2) is 6.63. The summed E-state index contributed by atoms with van der Waals surface area (Å²) in [5, 5.41) is 8.68. The van der Waals surface area contributed by atoms with Crippen LogP contribution >= 0.6 is 23.1 Å². The van der Waals surface area contributed by atoms with Crippen molar-refractivity contribution in [3.63, 3.8) is 0 Å². The molecule has 4 nitrogen and oxygen atoms in total. The molecule has 0 aliphatic heterocycles. The Morgan fingerprint density at radius 1 is 1.47 bits per heavy atom. The van der Waals surface area contributed by atoms with Gasteiger partial charge >= 0.3 is 5.97 Å². The summed E-state index contributed by atoms with van der Waals surface area (Å²) in [4.78, 5) is 11.0. The van der Waals surface area contributed by atoms with Gasteiger partial charge in [-0.25, -0.2) is 4.39 Å². The van der Waals surface area contributed by atoms with E-state index in [1.165, 1.54) is 42.3 Å². The van der Waals surface area contributed by atoms with E-state index in [4.69, 9.17) is 0 Å². The minimum absolute atomic E-state index is 0.248. The average Bonchev–Trinajstić information content (AvgIpc) is 2.87. The number of rotatable bonds is 5. The molecule has 0 saturated heterocycles. The van der Waals surface area contributed by atoms with Crippen molar-refractivity contribution in [2.24, 2.45) is 0 Å². The molecule has 0 atom stereocenters. The number of carbonyl (C=O) groups excluding carboxylic acids is 1. The van der Waals surface area contributed by atoms with Gasteiger partial charge in [-0.3, -0.25) is 4.79 Å². The molecule has 1 aromatic heterocycles. The van der Waals surface area contributed by atoms with E-state index in [1.807, 2.05) is 0 Å². The smallest absolute Gasteiger partial charge is 0.306 e. The third kappa shape index (κ3) is 4.00. The number of benzene rings is 1. The molecule has 0 unspecified atom stereocenters. The van der Waals surface area contributed by atoms with Crippen molar-refractivity contribution in [1.82, 2.24) is 10.2 Å². The second-order valence-electron chi connectivity index (χ2n) is 3.56. The summed E-state index contributed by atoms with van der Waals surface area (Å²) in [5.41, 5.74) is 0.706. The van der Waals surface area contributed by atoms with E-state index >= 15 is 0 Å². The molecule has 19 heavy (non-hydrogen) atoms. The predicted molar refractivity (Wildman–Crippen MR) is 72.7 cm³/mol. The van der Waals surface area contributed by atoms with Crippen molar-refractivity contribution in [2.75, 3.05) is 12.9 Å². The number of methoxy groups -OCH3 is 1. The predicted octanol–water partition coefficient (Wildman–Crippen LogP) is 3.00. The monoisotopic (exact) mass is 298 g/mol. The molecule has 0 amide bonds. The summed E-state index contributed by atoms with van der Waals surface area (Å²) in [6.45, 7) is 0. The standard InChI is InChI=1S/C12H11FN2O2S2/c1-17-10(16)5-6-18-12-15-14-11(19-12)8-3-2-4-9(13)7-8/h2-4,7H,5-6H2,1H3. The van der Waals surface area contributed by atoms with Crippen LogP contribution in [0, 0.1) is 5.82 Å². The van der Waals surface area contributed by atoms with E-state index in [0.717, 1.165) is 4.34 Å². The van der Waals surface area contributed by atoms with Gasteiger partial charge in [-0.05, 0) is 12.1 Å². The molecule has 2 rings (SSSR count). The summed E-state index contributed by atoms with van der Waals surface area (Å²) in [5.74, 6) is 0.0414. The highest BCUT2D eigenvalue weighted by Gasteiger charge is 2.09. The van der Waals surface area contributed by atoms with E-state index < -0.39 is 0 Å². The van der Waals surface area contributed by atoms with E-state index in [1.54, 1.807) is 12.1 Å². The number of carbonyl (C=O) groups is 1. The van der Waals surface area contributed by atoms with Crippen molar-refractivity contribution in [2.45, 2.75) is 10.8 Å². The molecule has 1 aromatic carbocycles. The molecule has 0 saturated carbocycles. The molecular weight excluding hydrogens is 287 g/mol. The Morgan fingerprint density at radius 2 is 2.32 bits per heavy atom. The summed E-state index contributed by atoms with van der Waals surface area (Å²) < 4.78 is 18.4. The number of halogens is 1. The normalized spacial score (nSPS) is 10.4. The maximum Gasteiger partial charge on any atom is 0.306 e. The highest BCUT2D eigenvalue weighted by molar-refractivity contribution is 8.01. The van der Waals surface area contributed by atoms with Gasteiger partial charge in [0.05, 0.1) is 13.5 Å². The van der Waals surface area contributed by atoms with Crippen LogP contribution in [0.2, 0.25) is 0 Å². The van der Waals surface area contributed by atoms with E-state index in [0.29, 0.717) is 22.7 Å². The Bertz CT molecular complexity index is 574. The molecule has 1 heterocycles. The lowest BCUT2D eigenvalue weighted by molar-refractivity contribution is -0.140. The Labute approximate surface area is 118 Å². The van der Waals surface area contributed by atoms with Crippen molar-refractivity contribution in [1.29, 1.82) is 0 Å². The van der Waals surface area contributed by atoms with Crippen LogP contribution in [-0.2, 0) is 9.53 Å². The molecule has 0 fully saturated rings. The zero-order valence-electron chi connectivity index (χ0n) is 10.1. The van der Waals surface area contributed by atoms with Gasteiger partial charge in [0.2, 0.25) is 0 Å². The first-order valence-corrected chi connectivity index (χ1v) is 7.28. The highest BCUT2D eigenvalue weighted by Crippen LogP contribution is 2.29. The molecule has 0 bridgehead atoms.